The molecule has 0 radical (unpaired) electrons. The first-order valence-corrected chi connectivity index (χ1v) is 9.77. The minimum absolute atomic E-state index is 0.00792. The Kier molecular flexibility index (Phi) is 5.38. The van der Waals surface area contributed by atoms with Gasteiger partial charge >= 0.3 is 6.36 Å². The van der Waals surface area contributed by atoms with Crippen LogP contribution in [0, 0.1) is 13.8 Å². The summed E-state index contributed by atoms with van der Waals surface area (Å²) in [5, 5.41) is 4.82. The monoisotopic (exact) mass is 433 g/mol. The Morgan fingerprint density at radius 3 is 2.45 bits per heavy atom. The number of pyridine rings is 1. The molecule has 4 rings (SSSR count). The summed E-state index contributed by atoms with van der Waals surface area (Å²) >= 11 is 0. The highest BCUT2D eigenvalue weighted by molar-refractivity contribution is 5.66. The number of aromatic nitrogens is 3. The van der Waals surface area contributed by atoms with Gasteiger partial charge in [0.1, 0.15) is 0 Å². The lowest BCUT2D eigenvalue weighted by Gasteiger charge is -2.21. The van der Waals surface area contributed by atoms with Crippen LogP contribution in [0.1, 0.15) is 29.6 Å². The van der Waals surface area contributed by atoms with Gasteiger partial charge in [0.2, 0.25) is 0 Å². The molecular formula is C22H22F3N3O3. The Hall–Kier alpha value is -3.07. The molecule has 31 heavy (non-hydrogen) atoms. The first-order valence-electron chi connectivity index (χ1n) is 9.77. The fraction of sp³-hybridized carbons (Fsp3) is 0.364. The fourth-order valence-electron chi connectivity index (χ4n) is 3.82. The van der Waals surface area contributed by atoms with Crippen LogP contribution in [0.5, 0.6) is 11.5 Å². The number of methoxy groups -OCH3 is 1. The lowest BCUT2D eigenvalue weighted by Crippen LogP contribution is -2.21. The summed E-state index contributed by atoms with van der Waals surface area (Å²) in [7, 11) is 1.30. The molecule has 164 valence electrons. The van der Waals surface area contributed by atoms with Gasteiger partial charge in [0.05, 0.1) is 36.9 Å². The highest BCUT2D eigenvalue weighted by Gasteiger charge is 2.33. The molecule has 6 nitrogen and oxygen atoms in total. The van der Waals surface area contributed by atoms with Crippen molar-refractivity contribution in [3.8, 4) is 28.4 Å². The average molecular weight is 433 g/mol. The van der Waals surface area contributed by atoms with Crippen molar-refractivity contribution in [1.82, 2.24) is 14.8 Å². The molecule has 0 fully saturated rings. The van der Waals surface area contributed by atoms with Crippen molar-refractivity contribution < 1.29 is 27.4 Å². The van der Waals surface area contributed by atoms with Gasteiger partial charge in [-0.15, -0.1) is 13.2 Å². The molecule has 0 saturated heterocycles. The summed E-state index contributed by atoms with van der Waals surface area (Å²) in [5.74, 6) is -0.437. The van der Waals surface area contributed by atoms with Crippen LogP contribution in [-0.2, 0) is 17.8 Å². The van der Waals surface area contributed by atoms with Crippen LogP contribution in [0.25, 0.3) is 16.9 Å². The number of fused-ring (bicyclic) bond motifs is 1. The summed E-state index contributed by atoms with van der Waals surface area (Å²) < 4.78 is 54.9. The first kappa shape index (κ1) is 21.2. The number of alkyl halides is 3. The van der Waals surface area contributed by atoms with Gasteiger partial charge < -0.3 is 14.2 Å². The number of benzene rings is 1. The van der Waals surface area contributed by atoms with Gasteiger partial charge in [-0.1, -0.05) is 0 Å². The van der Waals surface area contributed by atoms with Gasteiger partial charge in [0, 0.05) is 35.0 Å². The quantitative estimate of drug-likeness (QED) is 0.585. The number of hydrogen-bond acceptors (Lipinski definition) is 5. The van der Waals surface area contributed by atoms with Crippen LogP contribution in [0.2, 0.25) is 0 Å². The van der Waals surface area contributed by atoms with E-state index in [0.717, 1.165) is 33.9 Å². The van der Waals surface area contributed by atoms with E-state index in [1.807, 2.05) is 32.9 Å². The topological polar surface area (TPSA) is 58.4 Å². The second kappa shape index (κ2) is 7.88. The molecule has 3 aromatic rings. The van der Waals surface area contributed by atoms with Gasteiger partial charge in [-0.05, 0) is 45.0 Å². The predicted octanol–water partition coefficient (Wildman–Crippen LogP) is 4.92. The standard InChI is InChI=1S/C22H22F3N3O3/c1-12-7-15(8-13(2)26-12)21-17-11-30-14(3)9-18(17)28(27-21)16-5-6-19(20(10-16)29-4)31-22(23,24)25/h5-8,10,14H,9,11H2,1-4H3. The normalized spacial score (nSPS) is 16.2. The minimum Gasteiger partial charge on any atom is -0.493 e. The molecule has 0 bridgehead atoms. The number of halogens is 3. The van der Waals surface area contributed by atoms with E-state index in [1.165, 1.54) is 25.3 Å². The molecule has 3 heterocycles. The van der Waals surface area contributed by atoms with Crippen molar-refractivity contribution >= 4 is 0 Å². The van der Waals surface area contributed by atoms with Gasteiger partial charge in [-0.25, -0.2) is 4.68 Å². The van der Waals surface area contributed by atoms with Crippen molar-refractivity contribution in [3.05, 3.63) is 53.0 Å². The molecule has 1 unspecified atom stereocenters. The lowest BCUT2D eigenvalue weighted by molar-refractivity contribution is -0.275. The third-order valence-corrected chi connectivity index (χ3v) is 5.06. The van der Waals surface area contributed by atoms with E-state index in [9.17, 15) is 13.2 Å². The molecule has 0 saturated carbocycles. The maximum atomic E-state index is 12.7. The van der Waals surface area contributed by atoms with E-state index < -0.39 is 12.1 Å². The third kappa shape index (κ3) is 4.36. The largest absolute Gasteiger partial charge is 0.573 e. The van der Waals surface area contributed by atoms with E-state index in [2.05, 4.69) is 9.72 Å². The lowest BCUT2D eigenvalue weighted by atomic mass is 10.0. The second-order valence-corrected chi connectivity index (χ2v) is 7.53. The number of nitrogens with zero attached hydrogens (tertiary/aromatic N) is 3. The number of aryl methyl sites for hydroxylation is 2. The molecule has 2 aromatic heterocycles. The number of hydrogen-bond donors (Lipinski definition) is 0. The van der Waals surface area contributed by atoms with E-state index >= 15 is 0 Å². The van der Waals surface area contributed by atoms with Crippen molar-refractivity contribution in [3.63, 3.8) is 0 Å². The number of rotatable bonds is 4. The summed E-state index contributed by atoms with van der Waals surface area (Å²) in [5.41, 5.74) is 5.92. The average Bonchev–Trinajstić information content (AvgIpc) is 3.05. The molecule has 9 heteroatoms. The van der Waals surface area contributed by atoms with Crippen LogP contribution in [0.4, 0.5) is 13.2 Å². The Balaban J connectivity index is 1.84. The maximum absolute atomic E-state index is 12.7. The van der Waals surface area contributed by atoms with Crippen LogP contribution in [0.3, 0.4) is 0 Å². The summed E-state index contributed by atoms with van der Waals surface area (Å²) in [6.45, 7) is 6.21. The van der Waals surface area contributed by atoms with Crippen molar-refractivity contribution in [2.75, 3.05) is 7.11 Å². The molecule has 0 amide bonds. The van der Waals surface area contributed by atoms with Gasteiger partial charge in [0.25, 0.3) is 0 Å². The number of ether oxygens (including phenoxy) is 3. The van der Waals surface area contributed by atoms with Gasteiger partial charge in [-0.2, -0.15) is 5.10 Å². The molecular weight excluding hydrogens is 411 g/mol. The highest BCUT2D eigenvalue weighted by Crippen LogP contribution is 2.37. The van der Waals surface area contributed by atoms with E-state index in [4.69, 9.17) is 14.6 Å². The van der Waals surface area contributed by atoms with Crippen molar-refractivity contribution in [2.45, 2.75) is 46.3 Å². The van der Waals surface area contributed by atoms with E-state index in [-0.39, 0.29) is 11.9 Å². The van der Waals surface area contributed by atoms with Crippen LogP contribution in [0.15, 0.2) is 30.3 Å². The zero-order valence-electron chi connectivity index (χ0n) is 17.6. The van der Waals surface area contributed by atoms with E-state index in [0.29, 0.717) is 18.7 Å². The Labute approximate surface area is 177 Å². The fourth-order valence-corrected chi connectivity index (χ4v) is 3.82. The summed E-state index contributed by atoms with van der Waals surface area (Å²) in [6, 6.07) is 8.17. The second-order valence-electron chi connectivity index (χ2n) is 7.53. The van der Waals surface area contributed by atoms with E-state index in [1.54, 1.807) is 4.68 Å². The first-order chi connectivity index (χ1) is 14.6. The molecule has 1 aliphatic heterocycles. The molecule has 0 spiro atoms. The minimum atomic E-state index is -4.81. The SMILES string of the molecule is COc1cc(-n2nc(-c3cc(C)nc(C)c3)c3c2CC(C)OC3)ccc1OC(F)(F)F. The highest BCUT2D eigenvalue weighted by atomic mass is 19.4. The maximum Gasteiger partial charge on any atom is 0.573 e. The predicted molar refractivity (Wildman–Crippen MR) is 107 cm³/mol. The Morgan fingerprint density at radius 1 is 1.10 bits per heavy atom. The molecule has 0 N–H and O–H groups in total. The molecule has 1 atom stereocenters. The molecule has 1 aromatic carbocycles. The van der Waals surface area contributed by atoms with Crippen molar-refractivity contribution in [1.29, 1.82) is 0 Å². The van der Waals surface area contributed by atoms with Crippen LogP contribution in [-0.4, -0.2) is 34.3 Å². The third-order valence-electron chi connectivity index (χ3n) is 5.06. The zero-order chi connectivity index (χ0) is 22.3. The zero-order valence-corrected chi connectivity index (χ0v) is 17.6. The Bertz CT molecular complexity index is 1100. The van der Waals surface area contributed by atoms with Crippen molar-refractivity contribution in [2.24, 2.45) is 0 Å². The van der Waals surface area contributed by atoms with Crippen LogP contribution >= 0.6 is 0 Å². The smallest absolute Gasteiger partial charge is 0.493 e. The molecule has 1 aliphatic rings. The Morgan fingerprint density at radius 2 is 1.81 bits per heavy atom. The van der Waals surface area contributed by atoms with Gasteiger partial charge in [-0.3, -0.25) is 4.98 Å². The summed E-state index contributed by atoms with van der Waals surface area (Å²) in [6.07, 6.45) is -4.20. The van der Waals surface area contributed by atoms with Gasteiger partial charge in [0.15, 0.2) is 11.5 Å². The van der Waals surface area contributed by atoms with Crippen LogP contribution < -0.4 is 9.47 Å². The summed E-state index contributed by atoms with van der Waals surface area (Å²) in [4.78, 5) is 4.42. The molecule has 0 aliphatic carbocycles.